The third kappa shape index (κ3) is 8.96. The fourth-order valence-electron chi connectivity index (χ4n) is 2.30. The van der Waals surface area contributed by atoms with Gasteiger partial charge < -0.3 is 9.64 Å². The van der Waals surface area contributed by atoms with Gasteiger partial charge in [-0.1, -0.05) is 60.8 Å². The van der Waals surface area contributed by atoms with Gasteiger partial charge in [-0.25, -0.2) is 4.21 Å². The highest BCUT2D eigenvalue weighted by Crippen LogP contribution is 2.33. The van der Waals surface area contributed by atoms with E-state index < -0.39 is 11.0 Å². The second-order valence-electron chi connectivity index (χ2n) is 6.93. The zero-order chi connectivity index (χ0) is 22.8. The molecule has 0 fully saturated rings. The van der Waals surface area contributed by atoms with Crippen molar-refractivity contribution in [3.8, 4) is 0 Å². The number of hydrogen-bond donors (Lipinski definition) is 1. The molecular formula is C23H31ClN2O2S2. The van der Waals surface area contributed by atoms with Crippen molar-refractivity contribution < 1.29 is 8.95 Å². The molecule has 1 aromatic carbocycles. The van der Waals surface area contributed by atoms with E-state index in [0.29, 0.717) is 20.7 Å². The van der Waals surface area contributed by atoms with Crippen LogP contribution in [-0.4, -0.2) is 36.9 Å². The molecule has 1 N–H and O–H groups in total. The zero-order valence-electron chi connectivity index (χ0n) is 18.4. The summed E-state index contributed by atoms with van der Waals surface area (Å²) >= 11 is 7.12. The second kappa shape index (κ2) is 12.8. The number of hydrogen-bond acceptors (Lipinski definition) is 4. The van der Waals surface area contributed by atoms with E-state index in [9.17, 15) is 4.21 Å². The van der Waals surface area contributed by atoms with Crippen molar-refractivity contribution in [3.05, 3.63) is 82.6 Å². The van der Waals surface area contributed by atoms with Gasteiger partial charge in [-0.05, 0) is 63.7 Å². The fraction of sp³-hybridized carbons (Fsp3) is 0.304. The highest BCUT2D eigenvalue weighted by atomic mass is 35.5. The number of benzene rings is 1. The van der Waals surface area contributed by atoms with E-state index in [2.05, 4.69) is 29.4 Å². The third-order valence-corrected chi connectivity index (χ3v) is 6.33. The van der Waals surface area contributed by atoms with Gasteiger partial charge in [0.05, 0.1) is 22.1 Å². The number of nitrogens with zero attached hydrogens (tertiary/aromatic N) is 1. The predicted molar refractivity (Wildman–Crippen MR) is 133 cm³/mol. The molecule has 1 aromatic rings. The molecule has 0 aliphatic carbocycles. The van der Waals surface area contributed by atoms with E-state index in [1.807, 2.05) is 46.2 Å². The molecule has 164 valence electrons. The van der Waals surface area contributed by atoms with E-state index in [0.717, 1.165) is 34.6 Å². The monoisotopic (exact) mass is 466 g/mol. The van der Waals surface area contributed by atoms with E-state index >= 15 is 0 Å². The molecule has 0 bridgehead atoms. The molecule has 4 nitrogen and oxygen atoms in total. The lowest BCUT2D eigenvalue weighted by molar-refractivity contribution is 0.289. The van der Waals surface area contributed by atoms with Gasteiger partial charge in [0, 0.05) is 11.4 Å². The lowest BCUT2D eigenvalue weighted by Crippen LogP contribution is -2.18. The van der Waals surface area contributed by atoms with Crippen molar-refractivity contribution in [3.63, 3.8) is 0 Å². The summed E-state index contributed by atoms with van der Waals surface area (Å²) < 4.78 is 21.8. The Morgan fingerprint density at radius 2 is 1.83 bits per heavy atom. The average molecular weight is 467 g/mol. The maximum Gasteiger partial charge on any atom is 0.150 e. The Kier molecular flexibility index (Phi) is 11.3. The highest BCUT2D eigenvalue weighted by Gasteiger charge is 2.10. The van der Waals surface area contributed by atoms with Crippen LogP contribution in [0.4, 0.5) is 0 Å². The van der Waals surface area contributed by atoms with E-state index in [4.69, 9.17) is 16.3 Å². The Balaban J connectivity index is 2.97. The Morgan fingerprint density at radius 3 is 2.33 bits per heavy atom. The van der Waals surface area contributed by atoms with Gasteiger partial charge >= 0.3 is 0 Å². The van der Waals surface area contributed by atoms with Gasteiger partial charge in [0.2, 0.25) is 0 Å². The maximum absolute atomic E-state index is 12.9. The first-order valence-electron chi connectivity index (χ1n) is 9.31. The molecule has 0 saturated heterocycles. The summed E-state index contributed by atoms with van der Waals surface area (Å²) in [6.07, 6.45) is 2.78. The average Bonchev–Trinajstić information content (AvgIpc) is 2.70. The van der Waals surface area contributed by atoms with Crippen molar-refractivity contribution >= 4 is 39.3 Å². The number of ether oxygens (including phenoxy) is 1. The Morgan fingerprint density at radius 1 is 1.23 bits per heavy atom. The van der Waals surface area contributed by atoms with Gasteiger partial charge in [0.1, 0.15) is 16.7 Å². The summed E-state index contributed by atoms with van der Waals surface area (Å²) in [5, 5.41) is 0. The number of rotatable bonds is 12. The molecule has 0 heterocycles. The molecule has 30 heavy (non-hydrogen) atoms. The van der Waals surface area contributed by atoms with Gasteiger partial charge in [-0.3, -0.25) is 4.72 Å². The normalized spacial score (nSPS) is 13.5. The largest absolute Gasteiger partial charge is 0.499 e. The molecule has 0 radical (unpaired) electrons. The summed E-state index contributed by atoms with van der Waals surface area (Å²) in [6.45, 7) is 16.5. The van der Waals surface area contributed by atoms with Crippen LogP contribution in [0.1, 0.15) is 25.8 Å². The van der Waals surface area contributed by atoms with Crippen molar-refractivity contribution in [2.45, 2.75) is 25.2 Å². The van der Waals surface area contributed by atoms with Crippen LogP contribution in [-0.2, 0) is 15.7 Å². The molecule has 0 amide bonds. The van der Waals surface area contributed by atoms with Crippen LogP contribution in [0.5, 0.6) is 0 Å². The lowest BCUT2D eigenvalue weighted by atomic mass is 10.0. The minimum atomic E-state index is -1.46. The second-order valence-corrected chi connectivity index (χ2v) is 10.0. The van der Waals surface area contributed by atoms with Crippen LogP contribution >= 0.6 is 23.4 Å². The number of halogens is 1. The Labute approximate surface area is 193 Å². The number of methoxy groups -OCH3 is 1. The zero-order valence-corrected chi connectivity index (χ0v) is 20.8. The molecule has 0 spiro atoms. The first-order valence-corrected chi connectivity index (χ1v) is 11.7. The Bertz CT molecular complexity index is 872. The van der Waals surface area contributed by atoms with E-state index in [-0.39, 0.29) is 0 Å². The third-order valence-electron chi connectivity index (χ3n) is 4.29. The van der Waals surface area contributed by atoms with Gasteiger partial charge in [0.15, 0.2) is 0 Å². The first-order chi connectivity index (χ1) is 14.0. The molecule has 7 heteroatoms. The van der Waals surface area contributed by atoms with E-state index in [1.54, 1.807) is 19.2 Å². The summed E-state index contributed by atoms with van der Waals surface area (Å²) in [5.74, 6) is 0.644. The molecule has 0 saturated carbocycles. The van der Waals surface area contributed by atoms with Crippen molar-refractivity contribution in [1.29, 1.82) is 0 Å². The Hall–Kier alpha value is -1.73. The molecule has 1 unspecified atom stereocenters. The molecule has 0 aliphatic rings. The quantitative estimate of drug-likeness (QED) is 0.301. The lowest BCUT2D eigenvalue weighted by Gasteiger charge is -2.14. The van der Waals surface area contributed by atoms with Crippen molar-refractivity contribution in [1.82, 2.24) is 9.62 Å². The van der Waals surface area contributed by atoms with Crippen LogP contribution in [0.3, 0.4) is 0 Å². The number of allylic oxidation sites excluding steroid dienone is 3. The minimum Gasteiger partial charge on any atom is -0.499 e. The molecule has 1 rings (SSSR count). The van der Waals surface area contributed by atoms with Gasteiger partial charge in [-0.2, -0.15) is 0 Å². The van der Waals surface area contributed by atoms with Crippen LogP contribution in [0.25, 0.3) is 4.91 Å². The predicted octanol–water partition coefficient (Wildman–Crippen LogP) is 6.04. The first kappa shape index (κ1) is 26.3. The van der Waals surface area contributed by atoms with Crippen LogP contribution in [0.15, 0.2) is 81.9 Å². The standard InChI is InChI=1S/C23H31ClN2O2S2/c1-16(13-14-26(6)7)17(2)15-23(18(3)28-8)25-30(27)22-11-9-21(10-12-22)19(4)29-20(5)24/h9-12,15,25H,1,4-5,13-14H2,2-3,6-8H3/b17-15-,23-18-. The fourth-order valence-corrected chi connectivity index (χ4v) is 4.01. The molecule has 0 aliphatic heterocycles. The van der Waals surface area contributed by atoms with Crippen LogP contribution < -0.4 is 4.72 Å². The summed E-state index contributed by atoms with van der Waals surface area (Å²) in [7, 11) is 4.19. The van der Waals surface area contributed by atoms with Crippen molar-refractivity contribution in [2.24, 2.45) is 0 Å². The molecule has 0 aromatic heterocycles. The van der Waals surface area contributed by atoms with Crippen molar-refractivity contribution in [2.75, 3.05) is 27.7 Å². The summed E-state index contributed by atoms with van der Waals surface area (Å²) in [4.78, 5) is 3.54. The van der Waals surface area contributed by atoms with Crippen LogP contribution in [0, 0.1) is 0 Å². The maximum atomic E-state index is 12.9. The van der Waals surface area contributed by atoms with Gasteiger partial charge in [0.25, 0.3) is 0 Å². The molecular weight excluding hydrogens is 436 g/mol. The SMILES string of the molecule is C=C(Cl)SC(=C)c1ccc(S(=O)NC(/C=C(/C)C(=C)CCN(C)C)=C(/C)OC)cc1. The molecule has 1 atom stereocenters. The van der Waals surface area contributed by atoms with Gasteiger partial charge in [-0.15, -0.1) is 0 Å². The van der Waals surface area contributed by atoms with Crippen LogP contribution in [0.2, 0.25) is 0 Å². The number of nitrogens with one attached hydrogen (secondary N) is 1. The smallest absolute Gasteiger partial charge is 0.150 e. The number of thioether (sulfide) groups is 1. The topological polar surface area (TPSA) is 41.6 Å². The minimum absolute atomic E-state index is 0.452. The van der Waals surface area contributed by atoms with E-state index in [1.165, 1.54) is 11.8 Å². The summed E-state index contributed by atoms with van der Waals surface area (Å²) in [6, 6.07) is 7.32. The summed E-state index contributed by atoms with van der Waals surface area (Å²) in [5.41, 5.74) is 3.60. The highest BCUT2D eigenvalue weighted by molar-refractivity contribution is 8.13.